The van der Waals surface area contributed by atoms with Crippen molar-refractivity contribution in [3.8, 4) is 5.75 Å². The fraction of sp³-hybridized carbons (Fsp3) is 0.182. The first kappa shape index (κ1) is 19.7. The molecule has 0 aliphatic carbocycles. The largest absolute Gasteiger partial charge is 0.495 e. The molecule has 0 saturated heterocycles. The molecule has 0 radical (unpaired) electrons. The molecular formula is C22H20ClNO4. The highest BCUT2D eigenvalue weighted by Gasteiger charge is 2.38. The van der Waals surface area contributed by atoms with Crippen molar-refractivity contribution in [1.29, 1.82) is 0 Å². The molecule has 3 rings (SSSR count). The van der Waals surface area contributed by atoms with Gasteiger partial charge in [0.05, 0.1) is 36.1 Å². The predicted octanol–water partition coefficient (Wildman–Crippen LogP) is 4.53. The molecule has 0 spiro atoms. The van der Waals surface area contributed by atoms with Gasteiger partial charge in [0, 0.05) is 5.70 Å². The lowest BCUT2D eigenvalue weighted by Crippen LogP contribution is -2.24. The van der Waals surface area contributed by atoms with Crippen molar-refractivity contribution in [2.24, 2.45) is 0 Å². The molecular weight excluding hydrogens is 378 g/mol. The molecule has 2 aromatic rings. The van der Waals surface area contributed by atoms with Crippen LogP contribution in [0.4, 0.5) is 5.69 Å². The second-order valence-corrected chi connectivity index (χ2v) is 6.79. The molecule has 144 valence electrons. The predicted molar refractivity (Wildman–Crippen MR) is 109 cm³/mol. The van der Waals surface area contributed by atoms with Crippen LogP contribution in [0, 0.1) is 6.92 Å². The van der Waals surface area contributed by atoms with Crippen molar-refractivity contribution >= 4 is 35.2 Å². The van der Waals surface area contributed by atoms with Crippen LogP contribution in [0.2, 0.25) is 5.02 Å². The molecule has 5 nitrogen and oxygen atoms in total. The Morgan fingerprint density at radius 2 is 1.75 bits per heavy atom. The van der Waals surface area contributed by atoms with Crippen molar-refractivity contribution in [3.63, 3.8) is 0 Å². The van der Waals surface area contributed by atoms with Crippen LogP contribution in [-0.4, -0.2) is 26.1 Å². The molecule has 0 atom stereocenters. The molecule has 0 unspecified atom stereocenters. The number of benzene rings is 2. The van der Waals surface area contributed by atoms with Gasteiger partial charge in [-0.1, -0.05) is 41.4 Å². The Kier molecular flexibility index (Phi) is 5.56. The molecule has 6 heteroatoms. The standard InChI is InChI=1S/C22H20ClNO4/c1-13-5-7-15(8-6-13)11-17-20(22(26)28-4)14(2)24(21(17)25)16-9-10-19(27-3)18(23)12-16/h5-12H,1-4H3. The summed E-state index contributed by atoms with van der Waals surface area (Å²) in [7, 11) is 2.81. The summed E-state index contributed by atoms with van der Waals surface area (Å²) in [5.41, 5.74) is 3.46. The number of hydrogen-bond donors (Lipinski definition) is 0. The average molecular weight is 398 g/mol. The quantitative estimate of drug-likeness (QED) is 0.561. The molecule has 1 aliphatic rings. The highest BCUT2D eigenvalue weighted by molar-refractivity contribution is 6.32. The maximum Gasteiger partial charge on any atom is 0.340 e. The van der Waals surface area contributed by atoms with Crippen LogP contribution in [0.15, 0.2) is 59.3 Å². The van der Waals surface area contributed by atoms with Gasteiger partial charge in [-0.05, 0) is 43.7 Å². The van der Waals surface area contributed by atoms with Gasteiger partial charge >= 0.3 is 5.97 Å². The molecule has 0 bridgehead atoms. The summed E-state index contributed by atoms with van der Waals surface area (Å²) in [6.45, 7) is 3.69. The second kappa shape index (κ2) is 7.90. The van der Waals surface area contributed by atoms with Gasteiger partial charge in [-0.25, -0.2) is 4.79 Å². The molecule has 2 aromatic carbocycles. The second-order valence-electron chi connectivity index (χ2n) is 6.38. The maximum atomic E-state index is 13.2. The average Bonchev–Trinajstić information content (AvgIpc) is 2.92. The number of carbonyl (C=O) groups is 2. The zero-order valence-electron chi connectivity index (χ0n) is 16.1. The lowest BCUT2D eigenvalue weighted by Gasteiger charge is -2.19. The molecule has 28 heavy (non-hydrogen) atoms. The molecule has 0 N–H and O–H groups in total. The van der Waals surface area contributed by atoms with Crippen LogP contribution >= 0.6 is 11.6 Å². The summed E-state index contributed by atoms with van der Waals surface area (Å²) < 4.78 is 10.1. The Morgan fingerprint density at radius 3 is 2.32 bits per heavy atom. The lowest BCUT2D eigenvalue weighted by atomic mass is 10.0. The molecule has 1 amide bonds. The Labute approximate surface area is 168 Å². The third-order valence-electron chi connectivity index (χ3n) is 4.57. The number of amides is 1. The number of hydrogen-bond acceptors (Lipinski definition) is 4. The van der Waals surface area contributed by atoms with Gasteiger partial charge in [0.25, 0.3) is 5.91 Å². The third kappa shape index (κ3) is 3.53. The molecule has 0 fully saturated rings. The van der Waals surface area contributed by atoms with Crippen molar-refractivity contribution < 1.29 is 19.1 Å². The van der Waals surface area contributed by atoms with Gasteiger partial charge in [0.15, 0.2) is 0 Å². The van der Waals surface area contributed by atoms with Crippen LogP contribution in [0.5, 0.6) is 5.75 Å². The first-order chi connectivity index (χ1) is 13.4. The van der Waals surface area contributed by atoms with Crippen molar-refractivity contribution in [2.45, 2.75) is 13.8 Å². The SMILES string of the molecule is COC(=O)C1=C(C)N(c2ccc(OC)c(Cl)c2)C(=O)C1=Cc1ccc(C)cc1. The number of halogens is 1. The van der Waals surface area contributed by atoms with Gasteiger partial charge < -0.3 is 9.47 Å². The Morgan fingerprint density at radius 1 is 1.07 bits per heavy atom. The van der Waals surface area contributed by atoms with E-state index in [4.69, 9.17) is 21.1 Å². The Balaban J connectivity index is 2.12. The summed E-state index contributed by atoms with van der Waals surface area (Å²) in [5.74, 6) is -0.381. The number of rotatable bonds is 4. The first-order valence-corrected chi connectivity index (χ1v) is 9.01. The van der Waals surface area contributed by atoms with Crippen molar-refractivity contribution in [3.05, 3.63) is 75.5 Å². The minimum absolute atomic E-state index is 0.236. The van der Waals surface area contributed by atoms with Crippen molar-refractivity contribution in [1.82, 2.24) is 0 Å². The number of carbonyl (C=O) groups excluding carboxylic acids is 2. The van der Waals surface area contributed by atoms with E-state index >= 15 is 0 Å². The summed E-state index contributed by atoms with van der Waals surface area (Å²) in [6.07, 6.45) is 1.70. The number of aryl methyl sites for hydroxylation is 1. The first-order valence-electron chi connectivity index (χ1n) is 8.63. The molecule has 1 heterocycles. The van der Waals surface area contributed by atoms with Gasteiger partial charge in [-0.2, -0.15) is 0 Å². The molecule has 1 aliphatic heterocycles. The zero-order chi connectivity index (χ0) is 20.4. The number of nitrogens with zero attached hydrogens (tertiary/aromatic N) is 1. The highest BCUT2D eigenvalue weighted by atomic mass is 35.5. The Bertz CT molecular complexity index is 1010. The van der Waals surface area contributed by atoms with Gasteiger partial charge in [0.2, 0.25) is 0 Å². The van der Waals surface area contributed by atoms with Crippen LogP contribution in [-0.2, 0) is 14.3 Å². The van der Waals surface area contributed by atoms with E-state index in [1.54, 1.807) is 31.2 Å². The Hall–Kier alpha value is -3.05. The lowest BCUT2D eigenvalue weighted by molar-refractivity contribution is -0.136. The fourth-order valence-electron chi connectivity index (χ4n) is 3.11. The van der Waals surface area contributed by atoms with Crippen LogP contribution in [0.3, 0.4) is 0 Å². The van der Waals surface area contributed by atoms with E-state index in [9.17, 15) is 9.59 Å². The fourth-order valence-corrected chi connectivity index (χ4v) is 3.37. The van der Waals surface area contributed by atoms with Gasteiger partial charge in [0.1, 0.15) is 5.75 Å². The number of anilines is 1. The number of allylic oxidation sites excluding steroid dienone is 1. The summed E-state index contributed by atoms with van der Waals surface area (Å²) in [4.78, 5) is 27.1. The number of ether oxygens (including phenoxy) is 2. The van der Waals surface area contributed by atoms with E-state index in [0.29, 0.717) is 22.2 Å². The third-order valence-corrected chi connectivity index (χ3v) is 4.87. The van der Waals surface area contributed by atoms with E-state index in [1.807, 2.05) is 31.2 Å². The summed E-state index contributed by atoms with van der Waals surface area (Å²) in [5, 5.41) is 0.371. The maximum absolute atomic E-state index is 13.2. The van der Waals surface area contributed by atoms with E-state index in [1.165, 1.54) is 19.1 Å². The van der Waals surface area contributed by atoms with Crippen molar-refractivity contribution in [2.75, 3.05) is 19.1 Å². The van der Waals surface area contributed by atoms with E-state index in [0.717, 1.165) is 11.1 Å². The summed E-state index contributed by atoms with van der Waals surface area (Å²) in [6, 6.07) is 12.7. The van der Waals surface area contributed by atoms with E-state index < -0.39 is 5.97 Å². The zero-order valence-corrected chi connectivity index (χ0v) is 16.8. The minimum atomic E-state index is -0.564. The monoisotopic (exact) mass is 397 g/mol. The normalized spacial score (nSPS) is 15.4. The van der Waals surface area contributed by atoms with Crippen LogP contribution in [0.25, 0.3) is 6.08 Å². The van der Waals surface area contributed by atoms with Gasteiger partial charge in [-0.15, -0.1) is 0 Å². The number of esters is 1. The summed E-state index contributed by atoms with van der Waals surface area (Å²) >= 11 is 6.23. The topological polar surface area (TPSA) is 55.8 Å². The van der Waals surface area contributed by atoms with E-state index in [2.05, 4.69) is 0 Å². The van der Waals surface area contributed by atoms with Crippen LogP contribution in [0.1, 0.15) is 18.1 Å². The molecule has 0 aromatic heterocycles. The van der Waals surface area contributed by atoms with E-state index in [-0.39, 0.29) is 17.1 Å². The van der Waals surface area contributed by atoms with Crippen LogP contribution < -0.4 is 9.64 Å². The molecule has 0 saturated carbocycles. The highest BCUT2D eigenvalue weighted by Crippen LogP contribution is 2.38. The minimum Gasteiger partial charge on any atom is -0.495 e. The van der Waals surface area contributed by atoms with Gasteiger partial charge in [-0.3, -0.25) is 9.69 Å². The number of methoxy groups -OCH3 is 2. The smallest absolute Gasteiger partial charge is 0.340 e.